The van der Waals surface area contributed by atoms with Crippen molar-refractivity contribution in [3.63, 3.8) is 0 Å². The number of aliphatic imine (C=N–C) groups is 1. The fraction of sp³-hybridized carbons (Fsp3) is 0.333. The molecule has 0 radical (unpaired) electrons. The van der Waals surface area contributed by atoms with Crippen LogP contribution in [0.25, 0.3) is 0 Å². The SMILES string of the molecule is CN=C(NCc1cccnc1Oc1cccc(F)c1)NCC(C)C.I. The van der Waals surface area contributed by atoms with E-state index in [1.807, 2.05) is 12.1 Å². The summed E-state index contributed by atoms with van der Waals surface area (Å²) in [5.41, 5.74) is 0.856. The minimum Gasteiger partial charge on any atom is -0.439 e. The van der Waals surface area contributed by atoms with Crippen molar-refractivity contribution < 1.29 is 9.13 Å². The lowest BCUT2D eigenvalue weighted by atomic mass is 10.2. The van der Waals surface area contributed by atoms with E-state index in [0.29, 0.717) is 30.1 Å². The summed E-state index contributed by atoms with van der Waals surface area (Å²) in [4.78, 5) is 8.42. The summed E-state index contributed by atoms with van der Waals surface area (Å²) in [6, 6.07) is 9.73. The van der Waals surface area contributed by atoms with Crippen molar-refractivity contribution >= 4 is 29.9 Å². The number of halogens is 2. The van der Waals surface area contributed by atoms with Crippen LogP contribution in [0.3, 0.4) is 0 Å². The summed E-state index contributed by atoms with van der Waals surface area (Å²) in [5, 5.41) is 6.47. The zero-order chi connectivity index (χ0) is 17.4. The Morgan fingerprint density at radius 3 is 2.72 bits per heavy atom. The van der Waals surface area contributed by atoms with E-state index in [2.05, 4.69) is 34.5 Å². The average Bonchev–Trinajstić information content (AvgIpc) is 2.56. The number of benzene rings is 1. The lowest BCUT2D eigenvalue weighted by Crippen LogP contribution is -2.38. The molecule has 0 aliphatic carbocycles. The second-order valence-corrected chi connectivity index (χ2v) is 5.73. The molecule has 1 aromatic carbocycles. The number of ether oxygens (including phenoxy) is 1. The van der Waals surface area contributed by atoms with Crippen LogP contribution in [-0.2, 0) is 6.54 Å². The Balaban J connectivity index is 0.00000312. The van der Waals surface area contributed by atoms with Crippen LogP contribution < -0.4 is 15.4 Å². The third-order valence-electron chi connectivity index (χ3n) is 3.21. The number of rotatable bonds is 6. The summed E-state index contributed by atoms with van der Waals surface area (Å²) in [6.45, 7) is 5.59. The van der Waals surface area contributed by atoms with Gasteiger partial charge in [0.15, 0.2) is 5.96 Å². The van der Waals surface area contributed by atoms with Gasteiger partial charge in [0, 0.05) is 38.0 Å². The van der Waals surface area contributed by atoms with Crippen LogP contribution in [0, 0.1) is 11.7 Å². The smallest absolute Gasteiger partial charge is 0.224 e. The van der Waals surface area contributed by atoms with Crippen LogP contribution in [-0.4, -0.2) is 24.5 Å². The molecule has 0 spiro atoms. The zero-order valence-corrected chi connectivity index (χ0v) is 17.0. The van der Waals surface area contributed by atoms with Gasteiger partial charge >= 0.3 is 0 Å². The van der Waals surface area contributed by atoms with E-state index < -0.39 is 0 Å². The molecule has 1 aromatic heterocycles. The summed E-state index contributed by atoms with van der Waals surface area (Å²) < 4.78 is 19.0. The van der Waals surface area contributed by atoms with E-state index >= 15 is 0 Å². The molecule has 2 N–H and O–H groups in total. The first-order chi connectivity index (χ1) is 11.6. The van der Waals surface area contributed by atoms with E-state index in [9.17, 15) is 4.39 Å². The standard InChI is InChI=1S/C18H23FN4O.HI/c1-13(2)11-22-18(20-3)23-12-14-6-5-9-21-17(14)24-16-8-4-7-15(19)10-16;/h4-10,13H,11-12H2,1-3H3,(H2,20,22,23);1H. The maximum Gasteiger partial charge on any atom is 0.224 e. The minimum atomic E-state index is -0.346. The van der Waals surface area contributed by atoms with Crippen molar-refractivity contribution in [3.05, 3.63) is 54.0 Å². The number of pyridine rings is 1. The van der Waals surface area contributed by atoms with Crippen LogP contribution in [0.5, 0.6) is 11.6 Å². The molecule has 0 saturated heterocycles. The van der Waals surface area contributed by atoms with Gasteiger partial charge in [-0.1, -0.05) is 26.0 Å². The van der Waals surface area contributed by atoms with Crippen molar-refractivity contribution in [1.82, 2.24) is 15.6 Å². The number of hydrogen-bond acceptors (Lipinski definition) is 3. The summed E-state index contributed by atoms with van der Waals surface area (Å²) in [7, 11) is 1.73. The Bertz CT molecular complexity index is 694. The molecule has 0 amide bonds. The molecule has 25 heavy (non-hydrogen) atoms. The molecule has 0 bridgehead atoms. The summed E-state index contributed by atoms with van der Waals surface area (Å²) in [6.07, 6.45) is 1.64. The molecule has 0 unspecified atom stereocenters. The Morgan fingerprint density at radius 1 is 1.24 bits per heavy atom. The largest absolute Gasteiger partial charge is 0.439 e. The highest BCUT2D eigenvalue weighted by atomic mass is 127. The van der Waals surface area contributed by atoms with Crippen molar-refractivity contribution in [2.24, 2.45) is 10.9 Å². The molecule has 1 heterocycles. The first-order valence-corrected chi connectivity index (χ1v) is 7.90. The lowest BCUT2D eigenvalue weighted by Gasteiger charge is -2.15. The Kier molecular flexibility index (Phi) is 9.18. The highest BCUT2D eigenvalue weighted by molar-refractivity contribution is 14.0. The summed E-state index contributed by atoms with van der Waals surface area (Å²) >= 11 is 0. The molecule has 5 nitrogen and oxygen atoms in total. The summed E-state index contributed by atoms with van der Waals surface area (Å²) in [5.74, 6) is 1.74. The first-order valence-electron chi connectivity index (χ1n) is 7.90. The normalized spacial score (nSPS) is 11.0. The fourth-order valence-electron chi connectivity index (χ4n) is 1.99. The van der Waals surface area contributed by atoms with E-state index in [1.54, 1.807) is 25.4 Å². The monoisotopic (exact) mass is 458 g/mol. The molecular formula is C18H24FIN4O. The second kappa shape index (κ2) is 10.9. The van der Waals surface area contributed by atoms with Crippen molar-refractivity contribution in [2.75, 3.05) is 13.6 Å². The first kappa shape index (κ1) is 21.1. The van der Waals surface area contributed by atoms with Crippen LogP contribution in [0.2, 0.25) is 0 Å². The molecule has 7 heteroatoms. The number of guanidine groups is 1. The number of aromatic nitrogens is 1. The second-order valence-electron chi connectivity index (χ2n) is 5.73. The van der Waals surface area contributed by atoms with Crippen LogP contribution >= 0.6 is 24.0 Å². The third-order valence-corrected chi connectivity index (χ3v) is 3.21. The molecule has 0 aliphatic heterocycles. The Morgan fingerprint density at radius 2 is 2.04 bits per heavy atom. The van der Waals surface area contributed by atoms with Gasteiger partial charge in [-0.3, -0.25) is 4.99 Å². The van der Waals surface area contributed by atoms with E-state index in [4.69, 9.17) is 4.74 Å². The minimum absolute atomic E-state index is 0. The molecule has 136 valence electrons. The van der Waals surface area contributed by atoms with Gasteiger partial charge in [-0.05, 0) is 24.1 Å². The third kappa shape index (κ3) is 7.25. The van der Waals surface area contributed by atoms with Gasteiger partial charge in [0.05, 0.1) is 0 Å². The maximum atomic E-state index is 13.3. The molecule has 0 fully saturated rings. The van der Waals surface area contributed by atoms with Crippen molar-refractivity contribution in [3.8, 4) is 11.6 Å². The van der Waals surface area contributed by atoms with Gasteiger partial charge < -0.3 is 15.4 Å². The van der Waals surface area contributed by atoms with E-state index in [1.165, 1.54) is 12.1 Å². The highest BCUT2D eigenvalue weighted by Crippen LogP contribution is 2.23. The van der Waals surface area contributed by atoms with Gasteiger partial charge in [0.1, 0.15) is 11.6 Å². The Hall–Kier alpha value is -1.90. The van der Waals surface area contributed by atoms with Gasteiger partial charge in [-0.15, -0.1) is 24.0 Å². The van der Waals surface area contributed by atoms with Crippen molar-refractivity contribution in [1.29, 1.82) is 0 Å². The zero-order valence-electron chi connectivity index (χ0n) is 14.6. The number of nitrogens with one attached hydrogen (secondary N) is 2. The molecule has 0 saturated carbocycles. The average molecular weight is 458 g/mol. The van der Waals surface area contributed by atoms with E-state index in [-0.39, 0.29) is 29.8 Å². The van der Waals surface area contributed by atoms with Gasteiger partial charge in [-0.2, -0.15) is 0 Å². The maximum absolute atomic E-state index is 13.3. The van der Waals surface area contributed by atoms with Gasteiger partial charge in [0.2, 0.25) is 5.88 Å². The van der Waals surface area contributed by atoms with Crippen LogP contribution in [0.1, 0.15) is 19.4 Å². The van der Waals surface area contributed by atoms with E-state index in [0.717, 1.165) is 12.1 Å². The fourth-order valence-corrected chi connectivity index (χ4v) is 1.99. The van der Waals surface area contributed by atoms with Crippen LogP contribution in [0.4, 0.5) is 4.39 Å². The topological polar surface area (TPSA) is 58.5 Å². The predicted octanol–water partition coefficient (Wildman–Crippen LogP) is 3.95. The van der Waals surface area contributed by atoms with Gasteiger partial charge in [0.25, 0.3) is 0 Å². The number of nitrogens with zero attached hydrogens (tertiary/aromatic N) is 2. The lowest BCUT2D eigenvalue weighted by molar-refractivity contribution is 0.450. The number of hydrogen-bond donors (Lipinski definition) is 2. The molecular weight excluding hydrogens is 434 g/mol. The molecule has 0 aliphatic rings. The molecule has 2 aromatic rings. The molecule has 2 rings (SSSR count). The van der Waals surface area contributed by atoms with Gasteiger partial charge in [-0.25, -0.2) is 9.37 Å². The highest BCUT2D eigenvalue weighted by Gasteiger charge is 2.08. The van der Waals surface area contributed by atoms with Crippen molar-refractivity contribution in [2.45, 2.75) is 20.4 Å². The molecule has 0 atom stereocenters. The van der Waals surface area contributed by atoms with Crippen LogP contribution in [0.15, 0.2) is 47.6 Å². The quantitative estimate of drug-likeness (QED) is 0.391. The predicted molar refractivity (Wildman–Crippen MR) is 109 cm³/mol. The Labute approximate surface area is 165 Å².